The van der Waals surface area contributed by atoms with Gasteiger partial charge >= 0.3 is 0 Å². The molecule has 0 unspecified atom stereocenters. The molecule has 1 nitrogen and oxygen atoms in total. The zero-order valence-corrected chi connectivity index (χ0v) is 16.3. The predicted molar refractivity (Wildman–Crippen MR) is 107 cm³/mol. The van der Waals surface area contributed by atoms with Crippen LogP contribution in [-0.4, -0.2) is 7.11 Å². The fraction of sp³-hybridized carbons (Fsp3) is 0.417. The quantitative estimate of drug-likeness (QED) is 0.354. The molecule has 0 amide bonds. The molecule has 0 aliphatic rings. The first-order chi connectivity index (χ1) is 13.2. The fourth-order valence-electron chi connectivity index (χ4n) is 3.01. The summed E-state index contributed by atoms with van der Waals surface area (Å²) in [5.74, 6) is 3.75. The van der Waals surface area contributed by atoms with Gasteiger partial charge < -0.3 is 4.74 Å². The summed E-state index contributed by atoms with van der Waals surface area (Å²) in [6, 6.07) is 10.6. The Hall–Kier alpha value is -2.34. The van der Waals surface area contributed by atoms with E-state index in [1.54, 1.807) is 0 Å². The predicted octanol–water partition coefficient (Wildman–Crippen LogP) is 6.67. The number of hydrogen-bond acceptors (Lipinski definition) is 1. The van der Waals surface area contributed by atoms with E-state index >= 15 is 0 Å². The third-order valence-corrected chi connectivity index (χ3v) is 4.62. The van der Waals surface area contributed by atoms with E-state index in [0.29, 0.717) is 5.56 Å². The number of aryl methyl sites for hydroxylation is 1. The van der Waals surface area contributed by atoms with Gasteiger partial charge in [-0.15, -0.1) is 0 Å². The van der Waals surface area contributed by atoms with Gasteiger partial charge in [-0.05, 0) is 42.7 Å². The molecule has 0 fully saturated rings. The van der Waals surface area contributed by atoms with E-state index in [9.17, 15) is 8.78 Å². The van der Waals surface area contributed by atoms with Gasteiger partial charge in [0.2, 0.25) is 5.82 Å². The number of ether oxygens (including phenoxy) is 1. The Bertz CT molecular complexity index is 769. The van der Waals surface area contributed by atoms with Crippen molar-refractivity contribution in [3.8, 4) is 17.6 Å². The number of unbranched alkanes of at least 4 members (excludes halogenated alkanes) is 6. The van der Waals surface area contributed by atoms with Crippen molar-refractivity contribution in [3.63, 3.8) is 0 Å². The summed E-state index contributed by atoms with van der Waals surface area (Å²) >= 11 is 0. The van der Waals surface area contributed by atoms with Gasteiger partial charge in [-0.25, -0.2) is 4.39 Å². The molecule has 0 radical (unpaired) electrons. The summed E-state index contributed by atoms with van der Waals surface area (Å²) in [5, 5.41) is 0. The molecule has 0 saturated carbocycles. The van der Waals surface area contributed by atoms with Gasteiger partial charge in [0.25, 0.3) is 0 Å². The first kappa shape index (κ1) is 21.0. The normalized spacial score (nSPS) is 10.4. The van der Waals surface area contributed by atoms with Crippen molar-refractivity contribution in [2.24, 2.45) is 0 Å². The van der Waals surface area contributed by atoms with Gasteiger partial charge in [0.1, 0.15) is 0 Å². The number of benzene rings is 2. The first-order valence-electron chi connectivity index (χ1n) is 9.78. The van der Waals surface area contributed by atoms with Crippen LogP contribution in [0, 0.1) is 23.5 Å². The Morgan fingerprint density at radius 3 is 2.15 bits per heavy atom. The molecule has 0 aromatic heterocycles. The van der Waals surface area contributed by atoms with Crippen LogP contribution in [0.25, 0.3) is 0 Å². The van der Waals surface area contributed by atoms with Crippen LogP contribution in [0.15, 0.2) is 36.4 Å². The minimum atomic E-state index is -1.01. The second-order valence-electron chi connectivity index (χ2n) is 6.76. The van der Waals surface area contributed by atoms with Crippen LogP contribution in [0.4, 0.5) is 8.78 Å². The van der Waals surface area contributed by atoms with Crippen molar-refractivity contribution < 1.29 is 13.5 Å². The molecule has 0 aliphatic heterocycles. The largest absolute Gasteiger partial charge is 0.492 e. The van der Waals surface area contributed by atoms with Gasteiger partial charge in [-0.1, -0.05) is 69.4 Å². The van der Waals surface area contributed by atoms with Gasteiger partial charge in [-0.2, -0.15) is 4.39 Å². The van der Waals surface area contributed by atoms with Gasteiger partial charge in [0.15, 0.2) is 11.6 Å². The highest BCUT2D eigenvalue weighted by Crippen LogP contribution is 2.24. The second kappa shape index (κ2) is 11.4. The zero-order chi connectivity index (χ0) is 19.5. The molecule has 144 valence electrons. The van der Waals surface area contributed by atoms with Gasteiger partial charge in [0.05, 0.1) is 12.7 Å². The number of hydrogen-bond donors (Lipinski definition) is 0. The van der Waals surface area contributed by atoms with Crippen molar-refractivity contribution in [2.75, 3.05) is 7.11 Å². The molecule has 2 aromatic carbocycles. The number of rotatable bonds is 9. The topological polar surface area (TPSA) is 9.23 Å². The Morgan fingerprint density at radius 1 is 0.815 bits per heavy atom. The van der Waals surface area contributed by atoms with E-state index < -0.39 is 11.6 Å². The lowest BCUT2D eigenvalue weighted by molar-refractivity contribution is 0.370. The van der Waals surface area contributed by atoms with Crippen LogP contribution in [0.1, 0.15) is 68.6 Å². The average Bonchev–Trinajstić information content (AvgIpc) is 2.69. The molecule has 0 spiro atoms. The lowest BCUT2D eigenvalue weighted by atomic mass is 10.0. The summed E-state index contributed by atoms with van der Waals surface area (Å²) in [6.45, 7) is 2.24. The van der Waals surface area contributed by atoms with Crippen LogP contribution < -0.4 is 4.74 Å². The highest BCUT2D eigenvalue weighted by molar-refractivity contribution is 5.50. The van der Waals surface area contributed by atoms with E-state index in [4.69, 9.17) is 4.74 Å². The Morgan fingerprint density at radius 2 is 1.48 bits per heavy atom. The maximum Gasteiger partial charge on any atom is 0.201 e. The zero-order valence-electron chi connectivity index (χ0n) is 16.3. The second-order valence-corrected chi connectivity index (χ2v) is 6.76. The maximum absolute atomic E-state index is 13.7. The highest BCUT2D eigenvalue weighted by atomic mass is 19.2. The summed E-state index contributed by atoms with van der Waals surface area (Å²) in [7, 11) is 1.31. The first-order valence-corrected chi connectivity index (χ1v) is 9.78. The van der Waals surface area contributed by atoms with Crippen molar-refractivity contribution >= 4 is 0 Å². The molecule has 0 heterocycles. The lowest BCUT2D eigenvalue weighted by Gasteiger charge is -2.05. The van der Waals surface area contributed by atoms with Gasteiger partial charge in [-0.3, -0.25) is 0 Å². The maximum atomic E-state index is 13.7. The Kier molecular flexibility index (Phi) is 8.84. The molecular weight excluding hydrogens is 342 g/mol. The van der Waals surface area contributed by atoms with E-state index in [2.05, 4.69) is 30.9 Å². The summed E-state index contributed by atoms with van der Waals surface area (Å²) < 4.78 is 31.9. The van der Waals surface area contributed by atoms with Crippen molar-refractivity contribution in [2.45, 2.75) is 58.3 Å². The molecule has 0 bridgehead atoms. The van der Waals surface area contributed by atoms with Gasteiger partial charge in [0, 0.05) is 5.56 Å². The third kappa shape index (κ3) is 6.71. The fourth-order valence-corrected chi connectivity index (χ4v) is 3.01. The molecule has 2 aromatic rings. The number of methoxy groups -OCH3 is 1. The smallest absolute Gasteiger partial charge is 0.201 e. The molecule has 0 atom stereocenters. The van der Waals surface area contributed by atoms with Crippen LogP contribution in [0.2, 0.25) is 0 Å². The molecule has 3 heteroatoms. The standard InChI is InChI=1S/C24H28F2O/c1-3-4-5-6-7-8-9-10-19-11-13-20(14-12-19)15-16-21-17-18-22(25)23(26)24(21)27-2/h11-14,17-18H,3-10H2,1-2H3. The van der Waals surface area contributed by atoms with E-state index in [0.717, 1.165) is 18.1 Å². The lowest BCUT2D eigenvalue weighted by Crippen LogP contribution is -1.95. The number of halogens is 2. The van der Waals surface area contributed by atoms with Crippen molar-refractivity contribution in [3.05, 3.63) is 64.7 Å². The SMILES string of the molecule is CCCCCCCCCc1ccc(C#Cc2ccc(F)c(F)c2OC)cc1. The summed E-state index contributed by atoms with van der Waals surface area (Å²) in [6.07, 6.45) is 10.2. The van der Waals surface area contributed by atoms with E-state index in [1.165, 1.54) is 63.7 Å². The van der Waals surface area contributed by atoms with Crippen molar-refractivity contribution in [1.29, 1.82) is 0 Å². The van der Waals surface area contributed by atoms with E-state index in [-0.39, 0.29) is 5.75 Å². The third-order valence-electron chi connectivity index (χ3n) is 4.62. The van der Waals surface area contributed by atoms with Crippen LogP contribution in [-0.2, 0) is 6.42 Å². The van der Waals surface area contributed by atoms with Crippen LogP contribution in [0.5, 0.6) is 5.75 Å². The van der Waals surface area contributed by atoms with Crippen LogP contribution in [0.3, 0.4) is 0 Å². The highest BCUT2D eigenvalue weighted by Gasteiger charge is 2.12. The molecule has 2 rings (SSSR count). The molecule has 0 N–H and O–H groups in total. The van der Waals surface area contributed by atoms with Crippen molar-refractivity contribution in [1.82, 2.24) is 0 Å². The minimum Gasteiger partial charge on any atom is -0.492 e. The summed E-state index contributed by atoms with van der Waals surface area (Å²) in [4.78, 5) is 0. The van der Waals surface area contributed by atoms with Crippen LogP contribution >= 0.6 is 0 Å². The van der Waals surface area contributed by atoms with E-state index in [1.807, 2.05) is 12.1 Å². The monoisotopic (exact) mass is 370 g/mol. The molecule has 27 heavy (non-hydrogen) atoms. The Balaban J connectivity index is 1.88. The average molecular weight is 370 g/mol. The molecular formula is C24H28F2O. The summed E-state index contributed by atoms with van der Waals surface area (Å²) in [5.41, 5.74) is 2.48. The Labute approximate surface area is 161 Å². The minimum absolute atomic E-state index is 0.155. The molecule has 0 saturated heterocycles. The molecule has 0 aliphatic carbocycles.